The molecule has 126 valence electrons. The highest BCUT2D eigenvalue weighted by Gasteiger charge is 2.33. The first kappa shape index (κ1) is 15.1. The van der Waals surface area contributed by atoms with E-state index in [1.165, 1.54) is 5.56 Å². The summed E-state index contributed by atoms with van der Waals surface area (Å²) in [6, 6.07) is 8.17. The second kappa shape index (κ2) is 5.85. The van der Waals surface area contributed by atoms with Gasteiger partial charge in [-0.05, 0) is 38.0 Å². The van der Waals surface area contributed by atoms with Crippen molar-refractivity contribution < 1.29 is 9.59 Å². The van der Waals surface area contributed by atoms with Gasteiger partial charge in [-0.15, -0.1) is 0 Å². The summed E-state index contributed by atoms with van der Waals surface area (Å²) in [5.41, 5.74) is 2.79. The highest BCUT2D eigenvalue weighted by Crippen LogP contribution is 2.22. The molecule has 24 heavy (non-hydrogen) atoms. The van der Waals surface area contributed by atoms with E-state index < -0.39 is 0 Å². The Bertz CT molecular complexity index is 797. The van der Waals surface area contributed by atoms with Gasteiger partial charge >= 0.3 is 6.03 Å². The molecule has 1 aromatic heterocycles. The molecule has 3 amide bonds. The summed E-state index contributed by atoms with van der Waals surface area (Å²) in [4.78, 5) is 31.7. The third-order valence-corrected chi connectivity index (χ3v) is 5.02. The van der Waals surface area contributed by atoms with Crippen molar-refractivity contribution in [3.8, 4) is 0 Å². The molecule has 2 aliphatic rings. The number of urea groups is 1. The fraction of sp³-hybridized carbons (Fsp3) is 0.444. The normalized spacial score (nSPS) is 21.4. The number of nitrogens with zero attached hydrogens (tertiary/aromatic N) is 2. The van der Waals surface area contributed by atoms with Gasteiger partial charge in [0.25, 0.3) is 5.91 Å². The Morgan fingerprint density at radius 2 is 2.12 bits per heavy atom. The van der Waals surface area contributed by atoms with Crippen molar-refractivity contribution in [1.82, 2.24) is 20.1 Å². The first-order valence-electron chi connectivity index (χ1n) is 8.55. The Morgan fingerprint density at radius 1 is 1.25 bits per heavy atom. The topological polar surface area (TPSA) is 68.4 Å². The van der Waals surface area contributed by atoms with E-state index in [0.29, 0.717) is 18.8 Å². The van der Waals surface area contributed by atoms with E-state index >= 15 is 0 Å². The van der Waals surface area contributed by atoms with Crippen LogP contribution in [0.5, 0.6) is 0 Å². The lowest BCUT2D eigenvalue weighted by Gasteiger charge is -2.36. The van der Waals surface area contributed by atoms with Gasteiger partial charge in [0, 0.05) is 37.1 Å². The van der Waals surface area contributed by atoms with Crippen molar-refractivity contribution in [2.45, 2.75) is 25.8 Å². The predicted octanol–water partition coefficient (Wildman–Crippen LogP) is 2.11. The van der Waals surface area contributed by atoms with Crippen molar-refractivity contribution in [2.75, 3.05) is 26.2 Å². The lowest BCUT2D eigenvalue weighted by atomic mass is 10.0. The maximum Gasteiger partial charge on any atom is 0.317 e. The summed E-state index contributed by atoms with van der Waals surface area (Å²) in [7, 11) is 0. The molecule has 0 saturated carbocycles. The number of amides is 3. The lowest BCUT2D eigenvalue weighted by Crippen LogP contribution is -2.50. The van der Waals surface area contributed by atoms with E-state index in [1.54, 1.807) is 0 Å². The summed E-state index contributed by atoms with van der Waals surface area (Å²) in [6.45, 7) is 4.84. The molecule has 0 aliphatic carbocycles. The molecule has 3 heterocycles. The number of carbonyl (C=O) groups excluding carboxylic acids is 2. The number of nitrogens with one attached hydrogen (secondary N) is 2. The van der Waals surface area contributed by atoms with Crippen molar-refractivity contribution in [3.63, 3.8) is 0 Å². The number of aromatic amines is 1. The maximum absolute atomic E-state index is 12.9. The van der Waals surface area contributed by atoms with Crippen LogP contribution in [0.2, 0.25) is 0 Å². The van der Waals surface area contributed by atoms with Crippen LogP contribution in [0, 0.1) is 6.92 Å². The van der Waals surface area contributed by atoms with E-state index in [4.69, 9.17) is 0 Å². The molecule has 2 saturated heterocycles. The largest absolute Gasteiger partial charge is 0.351 e. The third kappa shape index (κ3) is 2.62. The third-order valence-electron chi connectivity index (χ3n) is 5.02. The molecule has 0 unspecified atom stereocenters. The van der Waals surface area contributed by atoms with Gasteiger partial charge in [0.1, 0.15) is 5.69 Å². The fourth-order valence-electron chi connectivity index (χ4n) is 3.77. The molecule has 0 radical (unpaired) electrons. The second-order valence-corrected chi connectivity index (χ2v) is 6.75. The highest BCUT2D eigenvalue weighted by atomic mass is 16.2. The van der Waals surface area contributed by atoms with Crippen LogP contribution in [0.1, 0.15) is 28.9 Å². The number of aromatic nitrogens is 1. The van der Waals surface area contributed by atoms with Crippen molar-refractivity contribution in [1.29, 1.82) is 0 Å². The summed E-state index contributed by atoms with van der Waals surface area (Å²) >= 11 is 0. The second-order valence-electron chi connectivity index (χ2n) is 6.75. The summed E-state index contributed by atoms with van der Waals surface area (Å²) < 4.78 is 0. The average Bonchev–Trinajstić information content (AvgIpc) is 3.20. The molecular weight excluding hydrogens is 304 g/mol. The van der Waals surface area contributed by atoms with Gasteiger partial charge in [-0.1, -0.05) is 11.6 Å². The quantitative estimate of drug-likeness (QED) is 0.887. The van der Waals surface area contributed by atoms with Gasteiger partial charge in [-0.3, -0.25) is 4.79 Å². The average molecular weight is 326 g/mol. The number of aryl methyl sites for hydroxylation is 1. The van der Waals surface area contributed by atoms with Crippen molar-refractivity contribution in [2.24, 2.45) is 0 Å². The zero-order chi connectivity index (χ0) is 16.7. The minimum absolute atomic E-state index is 0.00427. The SMILES string of the molecule is Cc1ccc2[nH]c(C(=O)N3CCC[C@@H](N4CCNC4=O)C3)cc2c1. The van der Waals surface area contributed by atoms with Crippen molar-refractivity contribution >= 4 is 22.8 Å². The highest BCUT2D eigenvalue weighted by molar-refractivity contribution is 5.98. The molecule has 4 rings (SSSR count). The smallest absolute Gasteiger partial charge is 0.317 e. The van der Waals surface area contributed by atoms with Crippen LogP contribution in [0.15, 0.2) is 24.3 Å². The summed E-state index contributed by atoms with van der Waals surface area (Å²) in [5, 5.41) is 3.90. The minimum atomic E-state index is -0.00427. The molecule has 1 aromatic carbocycles. The van der Waals surface area contributed by atoms with E-state index in [1.807, 2.05) is 34.9 Å². The van der Waals surface area contributed by atoms with Gasteiger partial charge in [-0.2, -0.15) is 0 Å². The van der Waals surface area contributed by atoms with Crippen LogP contribution in [-0.2, 0) is 0 Å². The van der Waals surface area contributed by atoms with Crippen LogP contribution in [0.25, 0.3) is 10.9 Å². The van der Waals surface area contributed by atoms with Crippen LogP contribution in [-0.4, -0.2) is 58.9 Å². The van der Waals surface area contributed by atoms with Gasteiger partial charge in [0.05, 0.1) is 6.04 Å². The fourth-order valence-corrected chi connectivity index (χ4v) is 3.77. The van der Waals surface area contributed by atoms with Crippen LogP contribution in [0.4, 0.5) is 4.79 Å². The lowest BCUT2D eigenvalue weighted by molar-refractivity contribution is 0.0629. The molecule has 0 spiro atoms. The number of hydrogen-bond donors (Lipinski definition) is 2. The molecule has 1 atom stereocenters. The van der Waals surface area contributed by atoms with Gasteiger partial charge < -0.3 is 20.1 Å². The monoisotopic (exact) mass is 326 g/mol. The van der Waals surface area contributed by atoms with E-state index in [0.717, 1.165) is 36.8 Å². The van der Waals surface area contributed by atoms with Gasteiger partial charge in [-0.25, -0.2) is 4.79 Å². The van der Waals surface area contributed by atoms with E-state index in [-0.39, 0.29) is 18.0 Å². The van der Waals surface area contributed by atoms with Crippen LogP contribution < -0.4 is 5.32 Å². The first-order chi connectivity index (χ1) is 11.6. The number of fused-ring (bicyclic) bond motifs is 1. The first-order valence-corrected chi connectivity index (χ1v) is 8.55. The minimum Gasteiger partial charge on any atom is -0.351 e. The predicted molar refractivity (Wildman–Crippen MR) is 92.1 cm³/mol. The van der Waals surface area contributed by atoms with Gasteiger partial charge in [0.15, 0.2) is 0 Å². The molecule has 0 bridgehead atoms. The molecule has 2 aliphatic heterocycles. The van der Waals surface area contributed by atoms with E-state index in [2.05, 4.69) is 16.4 Å². The Kier molecular flexibility index (Phi) is 3.67. The molecule has 2 N–H and O–H groups in total. The summed E-state index contributed by atoms with van der Waals surface area (Å²) in [5.74, 6) is 0.0214. The molecular formula is C18H22N4O2. The van der Waals surface area contributed by atoms with Crippen LogP contribution in [0.3, 0.4) is 0 Å². The Labute approximate surface area is 140 Å². The molecule has 6 heteroatoms. The zero-order valence-corrected chi connectivity index (χ0v) is 13.8. The number of carbonyl (C=O) groups is 2. The molecule has 2 fully saturated rings. The number of piperidine rings is 1. The van der Waals surface area contributed by atoms with E-state index in [9.17, 15) is 9.59 Å². The number of benzene rings is 1. The Balaban J connectivity index is 1.53. The zero-order valence-electron chi connectivity index (χ0n) is 13.8. The Hall–Kier alpha value is -2.50. The van der Waals surface area contributed by atoms with Gasteiger partial charge in [0.2, 0.25) is 0 Å². The van der Waals surface area contributed by atoms with Crippen molar-refractivity contribution in [3.05, 3.63) is 35.5 Å². The maximum atomic E-state index is 12.9. The number of likely N-dealkylation sites (tertiary alicyclic amines) is 1. The van der Waals surface area contributed by atoms with Crippen LogP contribution >= 0.6 is 0 Å². The number of H-pyrrole nitrogens is 1. The molecule has 6 nitrogen and oxygen atoms in total. The Morgan fingerprint density at radius 3 is 2.92 bits per heavy atom. The molecule has 2 aromatic rings. The summed E-state index contributed by atoms with van der Waals surface area (Å²) in [6.07, 6.45) is 1.89. The number of hydrogen-bond acceptors (Lipinski definition) is 2. The standard InChI is InChI=1S/C18H22N4O2/c1-12-4-5-15-13(9-12)10-16(20-15)17(23)21-7-2-3-14(11-21)22-8-6-19-18(22)24/h4-5,9-10,14,20H,2-3,6-8,11H2,1H3,(H,19,24)/t14-/m1/s1. The number of rotatable bonds is 2.